The Bertz CT molecular complexity index is 764. The fourth-order valence-electron chi connectivity index (χ4n) is 2.03. The van der Waals surface area contributed by atoms with Crippen LogP contribution < -0.4 is 11.1 Å². The first-order valence-electron chi connectivity index (χ1n) is 6.41. The number of benzene rings is 1. The molecule has 1 aromatic carbocycles. The van der Waals surface area contributed by atoms with Crippen LogP contribution in [0.3, 0.4) is 0 Å². The van der Waals surface area contributed by atoms with E-state index in [1.807, 2.05) is 16.8 Å². The zero-order valence-electron chi connectivity index (χ0n) is 11.1. The zero-order valence-corrected chi connectivity index (χ0v) is 11.9. The molecule has 6 heteroatoms. The smallest absolute Gasteiger partial charge is 0.287 e. The topological polar surface area (TPSA) is 88.5 Å². The number of nitrogens with one attached hydrogen (secondary N) is 1. The summed E-state index contributed by atoms with van der Waals surface area (Å²) in [5.74, 6) is -0.160. The van der Waals surface area contributed by atoms with Gasteiger partial charge in [0.2, 0.25) is 0 Å². The van der Waals surface area contributed by atoms with Crippen LogP contribution in [0.25, 0.3) is 11.0 Å². The molecule has 0 aliphatic heterocycles. The second kappa shape index (κ2) is 5.59. The highest BCUT2D eigenvalue weighted by atomic mass is 32.1. The third kappa shape index (κ3) is 2.91. The van der Waals surface area contributed by atoms with Crippen LogP contribution in [-0.2, 0) is 0 Å². The van der Waals surface area contributed by atoms with Crippen LogP contribution in [0.15, 0.2) is 45.5 Å². The number of amides is 1. The summed E-state index contributed by atoms with van der Waals surface area (Å²) < 4.78 is 5.46. The van der Waals surface area contributed by atoms with Crippen molar-refractivity contribution in [3.8, 4) is 0 Å². The maximum atomic E-state index is 12.0. The number of aliphatic hydroxyl groups excluding tert-OH is 1. The molecule has 0 radical (unpaired) electrons. The average molecular weight is 302 g/mol. The van der Waals surface area contributed by atoms with Crippen LogP contribution in [0.1, 0.15) is 22.2 Å². The molecular weight excluding hydrogens is 288 g/mol. The average Bonchev–Trinajstić information content (AvgIpc) is 3.12. The fraction of sp³-hybridized carbons (Fsp3) is 0.133. The number of hydrogen-bond acceptors (Lipinski definition) is 5. The molecule has 1 amide bonds. The standard InChI is InChI=1S/C15H14N2O3S/c16-11-1-2-13-10(5-11)6-14(20-13)15(19)17-7-12(18)9-3-4-21-8-9/h1-6,8,12,18H,7,16H2,(H,17,19). The molecule has 0 spiro atoms. The Balaban J connectivity index is 1.69. The number of anilines is 1. The molecule has 0 saturated heterocycles. The van der Waals surface area contributed by atoms with Gasteiger partial charge in [0, 0.05) is 17.6 Å². The number of carbonyl (C=O) groups is 1. The normalized spacial score (nSPS) is 12.4. The molecule has 0 fully saturated rings. The number of nitrogen functional groups attached to an aromatic ring is 1. The highest BCUT2D eigenvalue weighted by Crippen LogP contribution is 2.22. The van der Waals surface area contributed by atoms with Gasteiger partial charge in [0.25, 0.3) is 5.91 Å². The van der Waals surface area contributed by atoms with Crippen molar-refractivity contribution in [2.45, 2.75) is 6.10 Å². The minimum absolute atomic E-state index is 0.134. The van der Waals surface area contributed by atoms with Crippen molar-refractivity contribution in [3.05, 3.63) is 52.4 Å². The predicted molar refractivity (Wildman–Crippen MR) is 82.2 cm³/mol. The molecular formula is C15H14N2O3S. The van der Waals surface area contributed by atoms with Gasteiger partial charge in [0.05, 0.1) is 6.10 Å². The summed E-state index contributed by atoms with van der Waals surface area (Å²) in [6.07, 6.45) is -0.722. The van der Waals surface area contributed by atoms with Crippen LogP contribution in [0.2, 0.25) is 0 Å². The molecule has 108 valence electrons. The summed E-state index contributed by atoms with van der Waals surface area (Å²) in [5, 5.41) is 17.1. The van der Waals surface area contributed by atoms with Crippen molar-refractivity contribution in [3.63, 3.8) is 0 Å². The molecule has 2 aromatic heterocycles. The maximum Gasteiger partial charge on any atom is 0.287 e. The van der Waals surface area contributed by atoms with E-state index in [1.165, 1.54) is 11.3 Å². The SMILES string of the molecule is Nc1ccc2oc(C(=O)NCC(O)c3ccsc3)cc2c1. The summed E-state index contributed by atoms with van der Waals surface area (Å²) in [6, 6.07) is 8.65. The number of rotatable bonds is 4. The maximum absolute atomic E-state index is 12.0. The molecule has 2 heterocycles. The van der Waals surface area contributed by atoms with E-state index in [2.05, 4.69) is 5.32 Å². The van der Waals surface area contributed by atoms with Gasteiger partial charge in [-0.25, -0.2) is 0 Å². The second-order valence-corrected chi connectivity index (χ2v) is 5.47. The summed E-state index contributed by atoms with van der Waals surface area (Å²) >= 11 is 1.50. The quantitative estimate of drug-likeness (QED) is 0.646. The van der Waals surface area contributed by atoms with E-state index >= 15 is 0 Å². The molecule has 3 rings (SSSR count). The van der Waals surface area contributed by atoms with Crippen LogP contribution in [0.5, 0.6) is 0 Å². The number of fused-ring (bicyclic) bond motifs is 1. The number of hydrogen-bond donors (Lipinski definition) is 3. The second-order valence-electron chi connectivity index (χ2n) is 4.69. The Labute approximate surface area is 125 Å². The highest BCUT2D eigenvalue weighted by molar-refractivity contribution is 7.07. The van der Waals surface area contributed by atoms with Crippen LogP contribution in [-0.4, -0.2) is 17.6 Å². The number of furan rings is 1. The van der Waals surface area contributed by atoms with Crippen molar-refractivity contribution in [1.29, 1.82) is 0 Å². The molecule has 0 aliphatic rings. The number of carbonyl (C=O) groups excluding carboxylic acids is 1. The van der Waals surface area contributed by atoms with E-state index in [-0.39, 0.29) is 18.2 Å². The molecule has 4 N–H and O–H groups in total. The number of nitrogens with two attached hydrogens (primary N) is 1. The number of thiophene rings is 1. The first-order chi connectivity index (χ1) is 10.1. The van der Waals surface area contributed by atoms with Crippen molar-refractivity contribution >= 4 is 33.9 Å². The molecule has 0 saturated carbocycles. The van der Waals surface area contributed by atoms with Crippen molar-refractivity contribution in [2.75, 3.05) is 12.3 Å². The van der Waals surface area contributed by atoms with E-state index < -0.39 is 6.10 Å². The Kier molecular flexibility index (Phi) is 3.64. The molecule has 1 atom stereocenters. The Morgan fingerprint density at radius 2 is 2.24 bits per heavy atom. The predicted octanol–water partition coefficient (Wildman–Crippen LogP) is 2.54. The van der Waals surface area contributed by atoms with E-state index in [9.17, 15) is 9.90 Å². The minimum atomic E-state index is -0.722. The van der Waals surface area contributed by atoms with Gasteiger partial charge < -0.3 is 20.6 Å². The molecule has 1 unspecified atom stereocenters. The first kappa shape index (κ1) is 13.7. The van der Waals surface area contributed by atoms with Crippen LogP contribution >= 0.6 is 11.3 Å². The van der Waals surface area contributed by atoms with Crippen LogP contribution in [0.4, 0.5) is 5.69 Å². The van der Waals surface area contributed by atoms with Gasteiger partial charge in [-0.1, -0.05) is 0 Å². The lowest BCUT2D eigenvalue weighted by Crippen LogP contribution is -2.27. The van der Waals surface area contributed by atoms with E-state index in [4.69, 9.17) is 10.2 Å². The summed E-state index contributed by atoms with van der Waals surface area (Å²) in [5.41, 5.74) is 7.70. The van der Waals surface area contributed by atoms with Crippen molar-refractivity contribution < 1.29 is 14.3 Å². The van der Waals surface area contributed by atoms with Crippen molar-refractivity contribution in [1.82, 2.24) is 5.32 Å². The molecule has 0 aliphatic carbocycles. The van der Waals surface area contributed by atoms with Gasteiger partial charge in [-0.15, -0.1) is 0 Å². The lowest BCUT2D eigenvalue weighted by molar-refractivity contribution is 0.0891. The first-order valence-corrected chi connectivity index (χ1v) is 7.35. The van der Waals surface area contributed by atoms with Gasteiger partial charge in [-0.3, -0.25) is 4.79 Å². The number of aliphatic hydroxyl groups is 1. The monoisotopic (exact) mass is 302 g/mol. The summed E-state index contributed by atoms with van der Waals surface area (Å²) in [7, 11) is 0. The zero-order chi connectivity index (χ0) is 14.8. The minimum Gasteiger partial charge on any atom is -0.451 e. The van der Waals surface area contributed by atoms with Gasteiger partial charge in [-0.05, 0) is 46.7 Å². The third-order valence-corrected chi connectivity index (χ3v) is 3.85. The lowest BCUT2D eigenvalue weighted by Gasteiger charge is -2.09. The Morgan fingerprint density at radius 1 is 1.38 bits per heavy atom. The summed E-state index contributed by atoms with van der Waals surface area (Å²) in [6.45, 7) is 0.134. The molecule has 5 nitrogen and oxygen atoms in total. The summed E-state index contributed by atoms with van der Waals surface area (Å²) in [4.78, 5) is 12.0. The van der Waals surface area contributed by atoms with Gasteiger partial charge in [0.1, 0.15) is 5.58 Å². The van der Waals surface area contributed by atoms with E-state index in [0.717, 1.165) is 10.9 Å². The third-order valence-electron chi connectivity index (χ3n) is 3.15. The van der Waals surface area contributed by atoms with Crippen LogP contribution in [0, 0.1) is 0 Å². The molecule has 21 heavy (non-hydrogen) atoms. The van der Waals surface area contributed by atoms with Gasteiger partial charge in [0.15, 0.2) is 5.76 Å². The van der Waals surface area contributed by atoms with Crippen molar-refractivity contribution in [2.24, 2.45) is 0 Å². The largest absolute Gasteiger partial charge is 0.451 e. The molecule has 0 bridgehead atoms. The highest BCUT2D eigenvalue weighted by Gasteiger charge is 2.15. The van der Waals surface area contributed by atoms with E-state index in [0.29, 0.717) is 11.3 Å². The Hall–Kier alpha value is -2.31. The van der Waals surface area contributed by atoms with Gasteiger partial charge >= 0.3 is 0 Å². The molecule has 3 aromatic rings. The Morgan fingerprint density at radius 3 is 3.00 bits per heavy atom. The van der Waals surface area contributed by atoms with Gasteiger partial charge in [-0.2, -0.15) is 11.3 Å². The lowest BCUT2D eigenvalue weighted by atomic mass is 10.2. The fourth-order valence-corrected chi connectivity index (χ4v) is 2.74. The van der Waals surface area contributed by atoms with E-state index in [1.54, 1.807) is 24.3 Å².